The van der Waals surface area contributed by atoms with Crippen molar-refractivity contribution in [2.45, 2.75) is 44.4 Å². The van der Waals surface area contributed by atoms with Crippen molar-refractivity contribution in [1.29, 1.82) is 0 Å². The second kappa shape index (κ2) is 8.62. The molecule has 10 heteroatoms. The number of benzene rings is 1. The van der Waals surface area contributed by atoms with Crippen LogP contribution < -0.4 is 16.4 Å². The maximum Gasteiger partial charge on any atom is 0.401 e. The summed E-state index contributed by atoms with van der Waals surface area (Å²) in [5.41, 5.74) is 6.46. The summed E-state index contributed by atoms with van der Waals surface area (Å²) in [4.78, 5) is 11.9. The molecule has 29 heavy (non-hydrogen) atoms. The Kier molecular flexibility index (Phi) is 6.38. The van der Waals surface area contributed by atoms with Gasteiger partial charge in [0.25, 0.3) is 5.91 Å². The fraction of sp³-hybridized carbons (Fsp3) is 0.474. The van der Waals surface area contributed by atoms with Gasteiger partial charge in [0.15, 0.2) is 5.82 Å². The minimum absolute atomic E-state index is 0.0298. The fourth-order valence-electron chi connectivity index (χ4n) is 3.72. The minimum Gasteiger partial charge on any atom is -0.365 e. The molecule has 1 fully saturated rings. The smallest absolute Gasteiger partial charge is 0.365 e. The number of anilines is 2. The van der Waals surface area contributed by atoms with Crippen LogP contribution in [0.25, 0.3) is 0 Å². The number of nitrogens with one attached hydrogen (secondary N) is 2. The van der Waals surface area contributed by atoms with Crippen molar-refractivity contribution in [2.24, 2.45) is 11.7 Å². The molecule has 1 aromatic carbocycles. The first kappa shape index (κ1) is 21.4. The molecule has 6 nitrogen and oxygen atoms in total. The van der Waals surface area contributed by atoms with Crippen molar-refractivity contribution in [1.82, 2.24) is 15.1 Å². The van der Waals surface area contributed by atoms with Crippen LogP contribution in [0.4, 0.5) is 24.7 Å². The fourth-order valence-corrected chi connectivity index (χ4v) is 3.85. The highest BCUT2D eigenvalue weighted by molar-refractivity contribution is 6.30. The Hall–Kier alpha value is -2.26. The van der Waals surface area contributed by atoms with Crippen LogP contribution in [0.2, 0.25) is 5.02 Å². The zero-order chi connectivity index (χ0) is 21.2. The maximum atomic E-state index is 12.4. The van der Waals surface area contributed by atoms with Gasteiger partial charge in [-0.05, 0) is 49.4 Å². The molecule has 1 amide bonds. The van der Waals surface area contributed by atoms with E-state index in [1.165, 1.54) is 0 Å². The Labute approximate surface area is 171 Å². The highest BCUT2D eigenvalue weighted by Gasteiger charge is 2.33. The van der Waals surface area contributed by atoms with Crippen molar-refractivity contribution < 1.29 is 18.0 Å². The van der Waals surface area contributed by atoms with Gasteiger partial charge in [-0.25, -0.2) is 0 Å². The summed E-state index contributed by atoms with van der Waals surface area (Å²) in [6, 6.07) is 6.71. The predicted octanol–water partition coefficient (Wildman–Crippen LogP) is 4.26. The van der Waals surface area contributed by atoms with E-state index in [1.54, 1.807) is 35.1 Å². The number of carbonyl (C=O) groups excluding carboxylic acids is 1. The quantitative estimate of drug-likeness (QED) is 0.640. The lowest BCUT2D eigenvalue weighted by Crippen LogP contribution is -2.41. The van der Waals surface area contributed by atoms with E-state index in [0.29, 0.717) is 35.8 Å². The van der Waals surface area contributed by atoms with Gasteiger partial charge in [-0.15, -0.1) is 0 Å². The number of alkyl halides is 3. The number of halogens is 4. The molecule has 2 aromatic rings. The topological polar surface area (TPSA) is 85.0 Å². The molecule has 1 aliphatic rings. The molecule has 0 bridgehead atoms. The standard InChI is InChI=1S/C19H23ClF3N5O/c1-11-8-14(25-10-19(21,22)23)6-7-16(11)28-9-15(17(24)29)18(27-28)26-13-4-2-12(20)3-5-13/h2-5,9,11,14,16,25H,6-8,10H2,1H3,(H2,24,29)(H,26,27)/t11-,14+,16-/m0/s1. The molecule has 0 radical (unpaired) electrons. The molecule has 3 atom stereocenters. The zero-order valence-corrected chi connectivity index (χ0v) is 16.6. The number of aromatic nitrogens is 2. The lowest BCUT2D eigenvalue weighted by molar-refractivity contribution is -0.127. The van der Waals surface area contributed by atoms with Crippen LogP contribution in [0.1, 0.15) is 42.6 Å². The van der Waals surface area contributed by atoms with Crippen molar-refractivity contribution in [3.8, 4) is 0 Å². The van der Waals surface area contributed by atoms with Crippen LogP contribution in [0.3, 0.4) is 0 Å². The van der Waals surface area contributed by atoms with Crippen molar-refractivity contribution in [3.05, 3.63) is 41.0 Å². The highest BCUT2D eigenvalue weighted by atomic mass is 35.5. The average molecular weight is 430 g/mol. The van der Waals surface area contributed by atoms with E-state index in [1.807, 2.05) is 6.92 Å². The summed E-state index contributed by atoms with van der Waals surface area (Å²) in [5, 5.41) is 10.7. The average Bonchev–Trinajstić information content (AvgIpc) is 3.05. The molecular formula is C19H23ClF3N5O. The first-order valence-corrected chi connectivity index (χ1v) is 9.72. The van der Waals surface area contributed by atoms with Gasteiger partial charge in [0.05, 0.1) is 12.6 Å². The molecule has 3 rings (SSSR count). The molecule has 0 aliphatic heterocycles. The van der Waals surface area contributed by atoms with Crippen LogP contribution in [0.5, 0.6) is 0 Å². The van der Waals surface area contributed by atoms with E-state index >= 15 is 0 Å². The Morgan fingerprint density at radius 2 is 2.00 bits per heavy atom. The number of primary amides is 1. The molecule has 0 saturated heterocycles. The Morgan fingerprint density at radius 1 is 1.31 bits per heavy atom. The predicted molar refractivity (Wildman–Crippen MR) is 105 cm³/mol. The van der Waals surface area contributed by atoms with Gasteiger partial charge in [-0.2, -0.15) is 18.3 Å². The van der Waals surface area contributed by atoms with Gasteiger partial charge < -0.3 is 16.4 Å². The van der Waals surface area contributed by atoms with E-state index in [2.05, 4.69) is 15.7 Å². The van der Waals surface area contributed by atoms with Crippen LogP contribution >= 0.6 is 11.6 Å². The molecule has 1 saturated carbocycles. The first-order valence-electron chi connectivity index (χ1n) is 9.34. The monoisotopic (exact) mass is 429 g/mol. The highest BCUT2D eigenvalue weighted by Crippen LogP contribution is 2.35. The van der Waals surface area contributed by atoms with Gasteiger partial charge in [0.1, 0.15) is 5.56 Å². The second-order valence-corrected chi connectivity index (χ2v) is 7.85. The van der Waals surface area contributed by atoms with Crippen LogP contribution in [0, 0.1) is 5.92 Å². The summed E-state index contributed by atoms with van der Waals surface area (Å²) in [6.45, 7) is 0.988. The number of carbonyl (C=O) groups is 1. The molecule has 1 aromatic heterocycles. The number of hydrogen-bond donors (Lipinski definition) is 3. The third-order valence-corrected chi connectivity index (χ3v) is 5.41. The van der Waals surface area contributed by atoms with Gasteiger partial charge >= 0.3 is 6.18 Å². The van der Waals surface area contributed by atoms with Gasteiger partial charge in [0, 0.05) is 22.9 Å². The Balaban J connectivity index is 1.72. The molecule has 0 unspecified atom stereocenters. The van der Waals surface area contributed by atoms with Crippen LogP contribution in [-0.2, 0) is 0 Å². The minimum atomic E-state index is -4.22. The molecule has 158 valence electrons. The van der Waals surface area contributed by atoms with Crippen molar-refractivity contribution in [2.75, 3.05) is 11.9 Å². The first-order chi connectivity index (χ1) is 13.6. The molecule has 0 spiro atoms. The summed E-state index contributed by atoms with van der Waals surface area (Å²) in [7, 11) is 0. The number of nitrogens with two attached hydrogens (primary N) is 1. The third kappa shape index (κ3) is 5.63. The summed E-state index contributed by atoms with van der Waals surface area (Å²) in [5.74, 6) is -0.191. The van der Waals surface area contributed by atoms with Crippen molar-refractivity contribution in [3.63, 3.8) is 0 Å². The lowest BCUT2D eigenvalue weighted by Gasteiger charge is -2.35. The summed E-state index contributed by atoms with van der Waals surface area (Å²) < 4.78 is 39.0. The number of rotatable bonds is 6. The van der Waals surface area contributed by atoms with E-state index < -0.39 is 18.6 Å². The molecule has 1 aliphatic carbocycles. The van der Waals surface area contributed by atoms with Crippen LogP contribution in [0.15, 0.2) is 30.5 Å². The second-order valence-electron chi connectivity index (χ2n) is 7.42. The Bertz CT molecular complexity index is 853. The summed E-state index contributed by atoms with van der Waals surface area (Å²) in [6.07, 6.45) is -0.786. The van der Waals surface area contributed by atoms with Gasteiger partial charge in [-0.3, -0.25) is 9.48 Å². The number of nitrogens with zero attached hydrogens (tertiary/aromatic N) is 2. The number of hydrogen-bond acceptors (Lipinski definition) is 4. The zero-order valence-electron chi connectivity index (χ0n) is 15.8. The van der Waals surface area contributed by atoms with Gasteiger partial charge in [-0.1, -0.05) is 18.5 Å². The van der Waals surface area contributed by atoms with E-state index in [-0.39, 0.29) is 23.6 Å². The lowest BCUT2D eigenvalue weighted by atomic mass is 9.83. The molecule has 1 heterocycles. The van der Waals surface area contributed by atoms with Crippen molar-refractivity contribution >= 4 is 29.0 Å². The van der Waals surface area contributed by atoms with Gasteiger partial charge in [0.2, 0.25) is 0 Å². The summed E-state index contributed by atoms with van der Waals surface area (Å²) >= 11 is 5.89. The SMILES string of the molecule is C[C@H]1C[C@H](NCC(F)(F)F)CC[C@@H]1n1cc(C(N)=O)c(Nc2ccc(Cl)cc2)n1. The maximum absolute atomic E-state index is 12.4. The number of amides is 1. The van der Waals surface area contributed by atoms with E-state index in [4.69, 9.17) is 17.3 Å². The Morgan fingerprint density at radius 3 is 2.59 bits per heavy atom. The third-order valence-electron chi connectivity index (χ3n) is 5.16. The normalized spacial score (nSPS) is 22.4. The van der Waals surface area contributed by atoms with E-state index in [9.17, 15) is 18.0 Å². The van der Waals surface area contributed by atoms with Crippen LogP contribution in [-0.4, -0.2) is 34.5 Å². The molecule has 4 N–H and O–H groups in total. The largest absolute Gasteiger partial charge is 0.401 e. The van der Waals surface area contributed by atoms with E-state index in [0.717, 1.165) is 0 Å². The molecular weight excluding hydrogens is 407 g/mol.